The zero-order valence-electron chi connectivity index (χ0n) is 21.2. The molecule has 0 amide bonds. The molecule has 0 aromatic heterocycles. The van der Waals surface area contributed by atoms with Gasteiger partial charge in [0.2, 0.25) is 0 Å². The second kappa shape index (κ2) is 13.9. The minimum absolute atomic E-state index is 0. The van der Waals surface area contributed by atoms with Crippen molar-refractivity contribution in [2.45, 2.75) is 56.2 Å². The standard InChI is InChI=1S/3C8H10O3S.In/c3*1-6-3-4-8(7(2)5-6)12(9,10)11;/h3*3-5H,1-2H3,(H,9,10,11);/q;;;+3/p-3. The van der Waals surface area contributed by atoms with Gasteiger partial charge < -0.3 is 13.7 Å². The van der Waals surface area contributed by atoms with Crippen molar-refractivity contribution in [3.8, 4) is 0 Å². The van der Waals surface area contributed by atoms with E-state index in [0.717, 1.165) is 16.7 Å². The van der Waals surface area contributed by atoms with Gasteiger partial charge in [0.25, 0.3) is 0 Å². The predicted octanol–water partition coefficient (Wildman–Crippen LogP) is 3.24. The third kappa shape index (κ3) is 11.7. The first-order chi connectivity index (χ1) is 16.2. The van der Waals surface area contributed by atoms with E-state index in [9.17, 15) is 38.9 Å². The fourth-order valence-electron chi connectivity index (χ4n) is 3.24. The maximum absolute atomic E-state index is 10.6. The van der Waals surface area contributed by atoms with Crippen LogP contribution in [0.15, 0.2) is 69.3 Å². The molecule has 0 bridgehead atoms. The van der Waals surface area contributed by atoms with E-state index in [2.05, 4.69) is 0 Å². The monoisotopic (exact) mass is 670 g/mol. The van der Waals surface area contributed by atoms with Crippen LogP contribution in [0.25, 0.3) is 0 Å². The molecule has 0 aliphatic carbocycles. The SMILES string of the molecule is Cc1ccc(S(=O)(=O)[O-])c(C)c1.Cc1ccc(S(=O)(=O)[O-])c(C)c1.Cc1ccc(S(=O)(=O)[O-])c(C)c1.[In+3]. The van der Waals surface area contributed by atoms with Crippen LogP contribution in [-0.2, 0) is 30.4 Å². The van der Waals surface area contributed by atoms with Gasteiger partial charge in [-0.05, 0) is 76.4 Å². The molecule has 0 spiro atoms. The Bertz CT molecular complexity index is 1370. The van der Waals surface area contributed by atoms with Gasteiger partial charge in [0, 0.05) is 0 Å². The van der Waals surface area contributed by atoms with Crippen LogP contribution in [0.2, 0.25) is 0 Å². The molecule has 0 atom stereocenters. The number of hydrogen-bond donors (Lipinski definition) is 0. The molecule has 3 aromatic carbocycles. The average Bonchev–Trinajstić information content (AvgIpc) is 2.65. The van der Waals surface area contributed by atoms with Crippen LogP contribution in [0, 0.1) is 41.5 Å². The summed E-state index contributed by atoms with van der Waals surface area (Å²) in [7, 11) is -12.9. The minimum Gasteiger partial charge on any atom is -0.744 e. The van der Waals surface area contributed by atoms with Crippen molar-refractivity contribution < 1.29 is 38.9 Å². The van der Waals surface area contributed by atoms with E-state index in [0.29, 0.717) is 16.7 Å². The first kappa shape index (κ1) is 35.3. The quantitative estimate of drug-likeness (QED) is 0.380. The molecule has 0 saturated heterocycles. The molecule has 37 heavy (non-hydrogen) atoms. The smallest absolute Gasteiger partial charge is 0.744 e. The van der Waals surface area contributed by atoms with Crippen LogP contribution in [0.5, 0.6) is 0 Å². The summed E-state index contributed by atoms with van der Waals surface area (Å²) in [6.07, 6.45) is 0. The molecule has 0 N–H and O–H groups in total. The van der Waals surface area contributed by atoms with Gasteiger partial charge in [-0.15, -0.1) is 0 Å². The molecule has 9 nitrogen and oxygen atoms in total. The number of aryl methyl sites for hydroxylation is 6. The molecule has 3 aromatic rings. The summed E-state index contributed by atoms with van der Waals surface area (Å²) in [5, 5.41) is 0. The third-order valence-corrected chi connectivity index (χ3v) is 7.79. The molecule has 0 saturated carbocycles. The van der Waals surface area contributed by atoms with E-state index >= 15 is 0 Å². The molecule has 0 fully saturated rings. The Morgan fingerprint density at radius 1 is 0.432 bits per heavy atom. The average molecular weight is 670 g/mol. The fraction of sp³-hybridized carbons (Fsp3) is 0.250. The Balaban J connectivity index is 0.000000518. The van der Waals surface area contributed by atoms with Crippen LogP contribution in [-0.4, -0.2) is 64.8 Å². The van der Waals surface area contributed by atoms with E-state index in [4.69, 9.17) is 0 Å². The van der Waals surface area contributed by atoms with Crippen molar-refractivity contribution in [3.05, 3.63) is 88.0 Å². The van der Waals surface area contributed by atoms with Gasteiger partial charge in [0.05, 0.1) is 14.7 Å². The summed E-state index contributed by atoms with van der Waals surface area (Å²) in [5.41, 5.74) is 4.35. The molecular weight excluding hydrogens is 643 g/mol. The number of hydrogen-bond acceptors (Lipinski definition) is 9. The van der Waals surface area contributed by atoms with E-state index < -0.39 is 30.4 Å². The Kier molecular flexibility index (Phi) is 13.2. The summed E-state index contributed by atoms with van der Waals surface area (Å²) in [5.74, 6) is 0. The van der Waals surface area contributed by atoms with Crippen molar-refractivity contribution in [3.63, 3.8) is 0 Å². The number of benzene rings is 3. The maximum atomic E-state index is 10.6. The molecule has 0 aliphatic rings. The van der Waals surface area contributed by atoms with Gasteiger partial charge in [0.1, 0.15) is 30.4 Å². The van der Waals surface area contributed by atoms with Crippen LogP contribution in [0.4, 0.5) is 0 Å². The summed E-state index contributed by atoms with van der Waals surface area (Å²) in [4.78, 5) is -0.394. The van der Waals surface area contributed by atoms with E-state index in [1.54, 1.807) is 57.2 Å². The van der Waals surface area contributed by atoms with Gasteiger partial charge in [-0.25, -0.2) is 25.3 Å². The second-order valence-electron chi connectivity index (χ2n) is 8.17. The Hall–Kier alpha value is -1.74. The summed E-state index contributed by atoms with van der Waals surface area (Å²) in [6.45, 7) is 10.4. The van der Waals surface area contributed by atoms with Crippen molar-refractivity contribution in [1.29, 1.82) is 0 Å². The molecule has 13 heteroatoms. The van der Waals surface area contributed by atoms with E-state index in [1.807, 2.05) is 20.8 Å². The Morgan fingerprint density at radius 3 is 0.757 bits per heavy atom. The molecule has 0 aliphatic heterocycles. The zero-order chi connectivity index (χ0) is 28.1. The molecular formula is C24H27InO9S3. The molecule has 0 heterocycles. The summed E-state index contributed by atoms with van der Waals surface area (Å²) in [6, 6.07) is 13.9. The van der Waals surface area contributed by atoms with Crippen LogP contribution in [0.3, 0.4) is 0 Å². The van der Waals surface area contributed by atoms with Gasteiger partial charge in [-0.1, -0.05) is 53.1 Å². The van der Waals surface area contributed by atoms with Crippen molar-refractivity contribution in [2.75, 3.05) is 0 Å². The van der Waals surface area contributed by atoms with Crippen molar-refractivity contribution >= 4 is 56.2 Å². The minimum atomic E-state index is -4.30. The fourth-order valence-corrected chi connectivity index (χ4v) is 5.30. The normalized spacial score (nSPS) is 11.3. The van der Waals surface area contributed by atoms with Crippen molar-refractivity contribution in [1.82, 2.24) is 0 Å². The predicted molar refractivity (Wildman–Crippen MR) is 137 cm³/mol. The second-order valence-corrected chi connectivity index (χ2v) is 12.2. The topological polar surface area (TPSA) is 172 Å². The van der Waals surface area contributed by atoms with Crippen molar-refractivity contribution in [2.24, 2.45) is 0 Å². The first-order valence-electron chi connectivity index (χ1n) is 10.3. The maximum Gasteiger partial charge on any atom is 3.00 e. The van der Waals surface area contributed by atoms with E-state index in [1.165, 1.54) is 18.2 Å². The van der Waals surface area contributed by atoms with Gasteiger partial charge in [-0.2, -0.15) is 0 Å². The Labute approximate surface area is 238 Å². The Morgan fingerprint density at radius 2 is 0.622 bits per heavy atom. The number of rotatable bonds is 3. The van der Waals surface area contributed by atoms with Crippen LogP contribution in [0.1, 0.15) is 33.4 Å². The van der Waals surface area contributed by atoms with Gasteiger partial charge >= 0.3 is 25.8 Å². The van der Waals surface area contributed by atoms with Gasteiger partial charge in [-0.3, -0.25) is 0 Å². The largest absolute Gasteiger partial charge is 3.00 e. The van der Waals surface area contributed by atoms with Gasteiger partial charge in [0.15, 0.2) is 0 Å². The first-order valence-corrected chi connectivity index (χ1v) is 14.6. The van der Waals surface area contributed by atoms with Crippen LogP contribution < -0.4 is 0 Å². The summed E-state index contributed by atoms with van der Waals surface area (Å²) < 4.78 is 95.5. The molecule has 0 radical (unpaired) electrons. The zero-order valence-corrected chi connectivity index (χ0v) is 26.9. The third-order valence-electron chi connectivity index (χ3n) is 4.80. The summed E-state index contributed by atoms with van der Waals surface area (Å²) >= 11 is 0. The molecule has 198 valence electrons. The molecule has 0 unspecified atom stereocenters. The molecule has 3 rings (SSSR count). The van der Waals surface area contributed by atoms with E-state index in [-0.39, 0.29) is 40.5 Å². The van der Waals surface area contributed by atoms with Crippen LogP contribution >= 0.6 is 0 Å².